The number of hydrogen-bond donors (Lipinski definition) is 4. The third-order valence-corrected chi connectivity index (χ3v) is 6.78. The normalized spacial score (nSPS) is 12.8. The Kier molecular flexibility index (Phi) is 9.81. The lowest BCUT2D eigenvalue weighted by atomic mass is 10.2. The fraction of sp³-hybridized carbons (Fsp3) is 0.263. The summed E-state index contributed by atoms with van der Waals surface area (Å²) in [5.74, 6) is -0.887. The lowest BCUT2D eigenvalue weighted by Gasteiger charge is -2.28. The predicted molar refractivity (Wildman–Crippen MR) is 138 cm³/mol. The van der Waals surface area contributed by atoms with Crippen molar-refractivity contribution in [3.8, 4) is 0 Å². The average Bonchev–Trinajstić information content (AvgIpc) is 2.78. The van der Waals surface area contributed by atoms with E-state index in [1.54, 1.807) is 6.92 Å². The summed E-state index contributed by atoms with van der Waals surface area (Å²) in [4.78, 5) is 21.8. The first-order valence-corrected chi connectivity index (χ1v) is 12.9. The molecular weight excluding hydrogens is 606 g/mol. The van der Waals surface area contributed by atoms with E-state index in [9.17, 15) is 36.5 Å². The highest BCUT2D eigenvalue weighted by Crippen LogP contribution is 2.34. The minimum atomic E-state index is -5.67. The van der Waals surface area contributed by atoms with Crippen LogP contribution >= 0.6 is 47.0 Å². The summed E-state index contributed by atoms with van der Waals surface area (Å²) in [6, 6.07) is 7.26. The Balaban J connectivity index is 2.31. The Morgan fingerprint density at radius 2 is 1.76 bits per heavy atom. The van der Waals surface area contributed by atoms with Gasteiger partial charge in [0.2, 0.25) is 3.79 Å². The monoisotopic (exact) mass is 621 g/mol. The molecule has 4 N–H and O–H groups in total. The quantitative estimate of drug-likeness (QED) is 0.108. The van der Waals surface area contributed by atoms with Gasteiger partial charge in [-0.05, 0) is 43.4 Å². The van der Waals surface area contributed by atoms with Crippen LogP contribution in [0, 0.1) is 10.1 Å². The number of carbonyl (C=O) groups is 1. The Morgan fingerprint density at radius 1 is 1.11 bits per heavy atom. The minimum Gasteiger partial charge on any atom is -0.384 e. The van der Waals surface area contributed by atoms with Crippen LogP contribution in [0.4, 0.5) is 30.2 Å². The standard InChI is InChI=1S/C19H17Cl3F3N5O5S2/c1-2-26-13-7-6-12(37(34,35)19(23,24)25)9-14(13)27-17(36)29-16(18(20,21)22)28-15(31)10-4-3-5-11(8-10)30(32)33/h3-9,16,26H,2H2,1H3,(H,28,31)(H2,27,29,36). The first-order valence-electron chi connectivity index (χ1n) is 9.86. The molecule has 0 saturated carbocycles. The molecule has 10 nitrogen and oxygen atoms in total. The van der Waals surface area contributed by atoms with Crippen molar-refractivity contribution in [1.82, 2.24) is 10.6 Å². The van der Waals surface area contributed by atoms with E-state index in [4.69, 9.17) is 47.0 Å². The predicted octanol–water partition coefficient (Wildman–Crippen LogP) is 4.73. The van der Waals surface area contributed by atoms with Crippen molar-refractivity contribution in [2.45, 2.75) is 27.3 Å². The van der Waals surface area contributed by atoms with Crippen molar-refractivity contribution in [2.24, 2.45) is 0 Å². The zero-order valence-corrected chi connectivity index (χ0v) is 22.3. The van der Waals surface area contributed by atoms with E-state index in [2.05, 4.69) is 21.3 Å². The van der Waals surface area contributed by atoms with E-state index < -0.39 is 41.0 Å². The molecule has 0 radical (unpaired) electrons. The highest BCUT2D eigenvalue weighted by Gasteiger charge is 2.47. The lowest BCUT2D eigenvalue weighted by molar-refractivity contribution is -0.384. The van der Waals surface area contributed by atoms with Crippen LogP contribution in [0.5, 0.6) is 0 Å². The maximum atomic E-state index is 13.0. The molecule has 37 heavy (non-hydrogen) atoms. The number of nitro groups is 1. The maximum absolute atomic E-state index is 13.0. The third kappa shape index (κ3) is 7.95. The summed E-state index contributed by atoms with van der Waals surface area (Å²) in [6.07, 6.45) is -1.55. The van der Waals surface area contributed by atoms with Gasteiger partial charge in [-0.2, -0.15) is 13.2 Å². The highest BCUT2D eigenvalue weighted by molar-refractivity contribution is 7.92. The molecule has 202 valence electrons. The van der Waals surface area contributed by atoms with E-state index in [1.165, 1.54) is 12.1 Å². The number of nitrogens with one attached hydrogen (secondary N) is 4. The fourth-order valence-corrected chi connectivity index (χ4v) is 4.08. The molecule has 1 atom stereocenters. The number of carbonyl (C=O) groups excluding carboxylic acids is 1. The van der Waals surface area contributed by atoms with Crippen molar-refractivity contribution < 1.29 is 31.3 Å². The maximum Gasteiger partial charge on any atom is 0.501 e. The molecule has 0 saturated heterocycles. The molecule has 0 aliphatic heterocycles. The number of benzene rings is 2. The number of nitro benzene ring substituents is 1. The summed E-state index contributed by atoms with van der Waals surface area (Å²) in [5, 5.41) is 20.7. The van der Waals surface area contributed by atoms with Crippen molar-refractivity contribution in [3.63, 3.8) is 0 Å². The number of sulfone groups is 1. The van der Waals surface area contributed by atoms with Crippen molar-refractivity contribution in [3.05, 3.63) is 58.1 Å². The second kappa shape index (κ2) is 11.9. The summed E-state index contributed by atoms with van der Waals surface area (Å²) >= 11 is 22.9. The van der Waals surface area contributed by atoms with Crippen LogP contribution in [0.15, 0.2) is 47.4 Å². The summed E-state index contributed by atoms with van der Waals surface area (Å²) in [6.45, 7) is 2.00. The van der Waals surface area contributed by atoms with Crippen LogP contribution < -0.4 is 21.3 Å². The van der Waals surface area contributed by atoms with E-state index in [-0.39, 0.29) is 27.7 Å². The molecule has 0 spiro atoms. The van der Waals surface area contributed by atoms with Crippen LogP contribution in [-0.4, -0.2) is 46.4 Å². The van der Waals surface area contributed by atoms with Crippen molar-refractivity contribution >= 4 is 84.9 Å². The van der Waals surface area contributed by atoms with Gasteiger partial charge in [-0.3, -0.25) is 14.9 Å². The van der Waals surface area contributed by atoms with Crippen molar-refractivity contribution in [1.29, 1.82) is 0 Å². The number of nitrogens with zero attached hydrogens (tertiary/aromatic N) is 1. The van der Waals surface area contributed by atoms with Crippen LogP contribution in [0.1, 0.15) is 17.3 Å². The van der Waals surface area contributed by atoms with E-state index in [1.807, 2.05) is 0 Å². The van der Waals surface area contributed by atoms with E-state index in [0.717, 1.165) is 24.3 Å². The van der Waals surface area contributed by atoms with Gasteiger partial charge < -0.3 is 21.3 Å². The smallest absolute Gasteiger partial charge is 0.384 e. The van der Waals surface area contributed by atoms with Gasteiger partial charge in [-0.15, -0.1) is 0 Å². The van der Waals surface area contributed by atoms with E-state index in [0.29, 0.717) is 12.6 Å². The lowest BCUT2D eigenvalue weighted by Crippen LogP contribution is -2.56. The van der Waals surface area contributed by atoms with Gasteiger partial charge in [0.25, 0.3) is 21.4 Å². The zero-order valence-electron chi connectivity index (χ0n) is 18.4. The van der Waals surface area contributed by atoms with Gasteiger partial charge in [0.15, 0.2) is 5.11 Å². The SMILES string of the molecule is CCNc1ccc(S(=O)(=O)C(F)(F)F)cc1NC(=S)NC(NC(=O)c1cccc([N+](=O)[O-])c1)C(Cl)(Cl)Cl. The number of anilines is 2. The molecule has 0 aromatic heterocycles. The van der Waals surface area contributed by atoms with Gasteiger partial charge in [0.05, 0.1) is 21.2 Å². The number of halogens is 6. The second-order valence-corrected chi connectivity index (χ2v) is 11.8. The largest absolute Gasteiger partial charge is 0.501 e. The number of amides is 1. The Labute approximate surface area is 228 Å². The van der Waals surface area contributed by atoms with Crippen LogP contribution in [0.3, 0.4) is 0 Å². The summed E-state index contributed by atoms with van der Waals surface area (Å²) in [5.41, 5.74) is -6.03. The first kappa shape index (κ1) is 30.6. The molecule has 1 unspecified atom stereocenters. The van der Waals surface area contributed by atoms with Crippen molar-refractivity contribution in [2.75, 3.05) is 17.2 Å². The number of hydrogen-bond acceptors (Lipinski definition) is 7. The van der Waals surface area contributed by atoms with Crippen LogP contribution in [-0.2, 0) is 9.84 Å². The number of alkyl halides is 6. The Hall–Kier alpha value is -2.59. The molecule has 2 aromatic carbocycles. The van der Waals surface area contributed by atoms with Gasteiger partial charge in [0, 0.05) is 24.2 Å². The Morgan fingerprint density at radius 3 is 2.30 bits per heavy atom. The van der Waals surface area contributed by atoms with Crippen LogP contribution in [0.2, 0.25) is 0 Å². The first-order chi connectivity index (χ1) is 17.0. The number of rotatable bonds is 8. The van der Waals surface area contributed by atoms with E-state index >= 15 is 0 Å². The zero-order chi connectivity index (χ0) is 28.2. The molecule has 2 rings (SSSR count). The average molecular weight is 623 g/mol. The van der Waals surface area contributed by atoms with Crippen LogP contribution in [0.25, 0.3) is 0 Å². The number of thiocarbonyl (C=S) groups is 1. The molecule has 18 heteroatoms. The number of non-ortho nitro benzene ring substituents is 1. The summed E-state index contributed by atoms with van der Waals surface area (Å²) < 4.78 is 60.5. The highest BCUT2D eigenvalue weighted by atomic mass is 35.6. The van der Waals surface area contributed by atoms with Gasteiger partial charge in [-0.1, -0.05) is 40.9 Å². The molecule has 0 aliphatic carbocycles. The summed E-state index contributed by atoms with van der Waals surface area (Å²) in [7, 11) is -5.67. The minimum absolute atomic E-state index is 0.145. The van der Waals surface area contributed by atoms with Gasteiger partial charge >= 0.3 is 5.51 Å². The molecule has 0 fully saturated rings. The third-order valence-electron chi connectivity index (χ3n) is 4.42. The second-order valence-electron chi connectivity index (χ2n) is 7.04. The molecular formula is C19H17Cl3F3N5O5S2. The van der Waals surface area contributed by atoms with Gasteiger partial charge in [0.1, 0.15) is 6.17 Å². The topological polar surface area (TPSA) is 142 Å². The molecule has 2 aromatic rings. The molecule has 1 amide bonds. The Bertz CT molecular complexity index is 1310. The molecule has 0 bridgehead atoms. The molecule has 0 aliphatic rings. The van der Waals surface area contributed by atoms with Gasteiger partial charge in [-0.25, -0.2) is 8.42 Å². The fourth-order valence-electron chi connectivity index (χ4n) is 2.74. The molecule has 0 heterocycles.